The summed E-state index contributed by atoms with van der Waals surface area (Å²) in [5.41, 5.74) is 7.54. The summed E-state index contributed by atoms with van der Waals surface area (Å²) in [5.74, 6) is 2.36. The third kappa shape index (κ3) is 10.6. The van der Waals surface area contributed by atoms with Crippen molar-refractivity contribution in [3.63, 3.8) is 0 Å². The smallest absolute Gasteiger partial charge is 0.257 e. The van der Waals surface area contributed by atoms with Crippen LogP contribution in [0.1, 0.15) is 44.5 Å². The SMILES string of the molecule is O=C1COc2c3cccc2Cc2cccc4c2OCCOCCOCCOCCOc2c(cccc2Cc2cccc(c2OCC(=O)NCCNCCN1)C4)C3. The van der Waals surface area contributed by atoms with Gasteiger partial charge in [-0.3, -0.25) is 9.59 Å². The Hall–Kier alpha value is -5.14. The van der Waals surface area contributed by atoms with Crippen LogP contribution < -0.4 is 34.9 Å². The van der Waals surface area contributed by atoms with Crippen molar-refractivity contribution in [1.29, 1.82) is 0 Å². The maximum absolute atomic E-state index is 13.1. The first-order chi connectivity index (χ1) is 27.6. The summed E-state index contributed by atoms with van der Waals surface area (Å²) >= 11 is 0. The molecule has 2 heterocycles. The standard InChI is InChI=1S/C44H51N3O9/c48-39-29-55-43-35-9-3-11-37(43)27-33-7-2-8-34-28-38-12-4-10-36(44(38)56-30-40(49)47-16-14-45-13-15-46-39)26-32-6-1-5-31(25-35)41(32)53-23-21-51-19-17-50-18-20-52-22-24-54-42(33)34/h1-12,45H,13-30H2,(H,46,48)(H,47,49). The number of hydrogen-bond acceptors (Lipinski definition) is 10. The van der Waals surface area contributed by atoms with Crippen LogP contribution in [-0.2, 0) is 49.5 Å². The fourth-order valence-corrected chi connectivity index (χ4v) is 7.26. The van der Waals surface area contributed by atoms with Crippen LogP contribution in [0, 0.1) is 0 Å². The molecule has 2 aliphatic heterocycles. The molecule has 0 unspecified atom stereocenters. The van der Waals surface area contributed by atoms with Crippen LogP contribution in [0.2, 0.25) is 0 Å². The number of benzene rings is 4. The lowest BCUT2D eigenvalue weighted by molar-refractivity contribution is -0.123. The largest absolute Gasteiger partial charge is 0.491 e. The van der Waals surface area contributed by atoms with E-state index in [-0.39, 0.29) is 25.0 Å². The van der Waals surface area contributed by atoms with Gasteiger partial charge in [0, 0.05) is 51.9 Å². The van der Waals surface area contributed by atoms with E-state index in [4.69, 9.17) is 33.2 Å². The van der Waals surface area contributed by atoms with Crippen LogP contribution >= 0.6 is 0 Å². The molecule has 12 bridgehead atoms. The summed E-state index contributed by atoms with van der Waals surface area (Å²) in [4.78, 5) is 26.3. The molecule has 4 aromatic carbocycles. The van der Waals surface area contributed by atoms with Gasteiger partial charge in [0.25, 0.3) is 11.8 Å². The van der Waals surface area contributed by atoms with Crippen molar-refractivity contribution < 1.29 is 42.7 Å². The topological polar surface area (TPSA) is 135 Å². The maximum atomic E-state index is 13.1. The molecule has 296 valence electrons. The van der Waals surface area contributed by atoms with Gasteiger partial charge >= 0.3 is 0 Å². The van der Waals surface area contributed by atoms with Crippen molar-refractivity contribution in [3.8, 4) is 23.0 Å². The molecule has 3 aliphatic rings. The molecule has 12 heteroatoms. The van der Waals surface area contributed by atoms with Gasteiger partial charge in [-0.2, -0.15) is 0 Å². The number of carbonyl (C=O) groups is 2. The number of carbonyl (C=O) groups excluding carboxylic acids is 2. The van der Waals surface area contributed by atoms with Crippen LogP contribution in [0.3, 0.4) is 0 Å². The van der Waals surface area contributed by atoms with Crippen LogP contribution in [-0.4, -0.2) is 104 Å². The molecule has 0 saturated heterocycles. The van der Waals surface area contributed by atoms with Gasteiger partial charge in [-0.15, -0.1) is 0 Å². The third-order valence-corrected chi connectivity index (χ3v) is 9.87. The highest BCUT2D eigenvalue weighted by Gasteiger charge is 2.23. The molecule has 56 heavy (non-hydrogen) atoms. The number of rotatable bonds is 0. The number of ether oxygens (including phenoxy) is 7. The number of amides is 2. The van der Waals surface area contributed by atoms with Crippen molar-refractivity contribution in [3.05, 3.63) is 117 Å². The molecule has 0 aromatic heterocycles. The van der Waals surface area contributed by atoms with E-state index >= 15 is 0 Å². The number of hydrogen-bond donors (Lipinski definition) is 3. The lowest BCUT2D eigenvalue weighted by atomic mass is 9.91. The van der Waals surface area contributed by atoms with Gasteiger partial charge in [0.15, 0.2) is 13.2 Å². The third-order valence-electron chi connectivity index (χ3n) is 9.87. The summed E-state index contributed by atoms with van der Waals surface area (Å²) in [5, 5.41) is 9.15. The highest BCUT2D eigenvalue weighted by Crippen LogP contribution is 2.39. The Morgan fingerprint density at radius 3 is 0.964 bits per heavy atom. The Bertz CT molecular complexity index is 1730. The molecule has 7 rings (SSSR count). The predicted octanol–water partition coefficient (Wildman–Crippen LogP) is 3.78. The van der Waals surface area contributed by atoms with Gasteiger partial charge < -0.3 is 49.1 Å². The lowest BCUT2D eigenvalue weighted by Crippen LogP contribution is -2.38. The summed E-state index contributed by atoms with van der Waals surface area (Å²) in [6, 6.07) is 24.6. The zero-order chi connectivity index (χ0) is 38.4. The molecule has 0 spiro atoms. The quantitative estimate of drug-likeness (QED) is 0.214. The van der Waals surface area contributed by atoms with E-state index in [2.05, 4.69) is 40.2 Å². The van der Waals surface area contributed by atoms with Gasteiger partial charge in [0.2, 0.25) is 0 Å². The molecule has 1 aliphatic carbocycles. The molecule has 0 atom stereocenters. The molecule has 0 saturated carbocycles. The van der Waals surface area contributed by atoms with Crippen LogP contribution in [0.4, 0.5) is 0 Å². The first-order valence-electron chi connectivity index (χ1n) is 19.5. The van der Waals surface area contributed by atoms with E-state index in [9.17, 15) is 9.59 Å². The normalized spacial score (nSPS) is 18.1. The van der Waals surface area contributed by atoms with Gasteiger partial charge in [-0.05, 0) is 44.5 Å². The number of para-hydroxylation sites is 4. The Morgan fingerprint density at radius 1 is 0.357 bits per heavy atom. The van der Waals surface area contributed by atoms with E-state index in [1.807, 2.05) is 48.5 Å². The van der Waals surface area contributed by atoms with Crippen LogP contribution in [0.5, 0.6) is 23.0 Å². The highest BCUT2D eigenvalue weighted by atomic mass is 16.6. The maximum Gasteiger partial charge on any atom is 0.257 e. The molecular weight excluding hydrogens is 714 g/mol. The first-order valence-corrected chi connectivity index (χ1v) is 19.5. The van der Waals surface area contributed by atoms with E-state index < -0.39 is 0 Å². The zero-order valence-electron chi connectivity index (χ0n) is 31.8. The van der Waals surface area contributed by atoms with Crippen LogP contribution in [0.15, 0.2) is 72.8 Å². The Balaban J connectivity index is 1.41. The van der Waals surface area contributed by atoms with Crippen molar-refractivity contribution in [1.82, 2.24) is 16.0 Å². The lowest BCUT2D eigenvalue weighted by Gasteiger charge is -2.23. The molecule has 3 N–H and O–H groups in total. The Labute approximate surface area is 328 Å². The molecule has 12 nitrogen and oxygen atoms in total. The van der Waals surface area contributed by atoms with Gasteiger partial charge in [0.05, 0.1) is 39.6 Å². The van der Waals surface area contributed by atoms with Crippen molar-refractivity contribution >= 4 is 11.8 Å². The van der Waals surface area contributed by atoms with E-state index in [0.29, 0.717) is 116 Å². The number of nitrogens with one attached hydrogen (secondary N) is 3. The summed E-state index contributed by atoms with van der Waals surface area (Å²) in [6.45, 7) is 4.76. The molecule has 0 radical (unpaired) electrons. The van der Waals surface area contributed by atoms with Gasteiger partial charge in [-0.25, -0.2) is 0 Å². The second kappa shape index (κ2) is 20.1. The zero-order valence-corrected chi connectivity index (χ0v) is 31.8. The second-order valence-corrected chi connectivity index (χ2v) is 13.9. The first kappa shape index (κ1) is 39.1. The van der Waals surface area contributed by atoms with Crippen LogP contribution in [0.25, 0.3) is 0 Å². The molecule has 0 fully saturated rings. The Kier molecular flexibility index (Phi) is 14.1. The van der Waals surface area contributed by atoms with Crippen molar-refractivity contribution in [2.75, 3.05) is 92.2 Å². The summed E-state index contributed by atoms with van der Waals surface area (Å²) in [7, 11) is 0. The minimum Gasteiger partial charge on any atom is -0.491 e. The minimum absolute atomic E-state index is 0.150. The van der Waals surface area contributed by atoms with Crippen molar-refractivity contribution in [2.24, 2.45) is 0 Å². The molecule has 2 amide bonds. The highest BCUT2D eigenvalue weighted by molar-refractivity contribution is 5.78. The molecule has 4 aromatic rings. The van der Waals surface area contributed by atoms with Crippen molar-refractivity contribution in [2.45, 2.75) is 25.7 Å². The van der Waals surface area contributed by atoms with E-state index in [1.54, 1.807) is 0 Å². The summed E-state index contributed by atoms with van der Waals surface area (Å²) < 4.78 is 43.7. The predicted molar refractivity (Wildman–Crippen MR) is 210 cm³/mol. The Morgan fingerprint density at radius 2 is 0.643 bits per heavy atom. The fourth-order valence-electron chi connectivity index (χ4n) is 7.26. The average Bonchev–Trinajstić information content (AvgIpc) is 3.19. The minimum atomic E-state index is -0.227. The van der Waals surface area contributed by atoms with Gasteiger partial charge in [-0.1, -0.05) is 72.8 Å². The van der Waals surface area contributed by atoms with Gasteiger partial charge in [0.1, 0.15) is 36.2 Å². The fraction of sp³-hybridized carbons (Fsp3) is 0.409. The van der Waals surface area contributed by atoms with E-state index in [1.165, 1.54) is 0 Å². The second-order valence-electron chi connectivity index (χ2n) is 13.9. The average molecular weight is 766 g/mol. The van der Waals surface area contributed by atoms with E-state index in [0.717, 1.165) is 56.0 Å². The summed E-state index contributed by atoms with van der Waals surface area (Å²) in [6.07, 6.45) is 1.93. The monoisotopic (exact) mass is 765 g/mol. The molecular formula is C44H51N3O9.